The molecule has 30 heavy (non-hydrogen) atoms. The van der Waals surface area contributed by atoms with Crippen molar-refractivity contribution in [3.8, 4) is 0 Å². The van der Waals surface area contributed by atoms with Gasteiger partial charge in [0, 0.05) is 30.1 Å². The van der Waals surface area contributed by atoms with Crippen LogP contribution in [0.4, 0.5) is 5.69 Å². The second-order valence-electron chi connectivity index (χ2n) is 7.64. The van der Waals surface area contributed by atoms with E-state index in [1.165, 1.54) is 35.1 Å². The van der Waals surface area contributed by atoms with E-state index in [1.807, 2.05) is 19.9 Å². The molecule has 1 heterocycles. The normalized spacial score (nSPS) is 16.0. The number of hydrogen-bond donors (Lipinski definition) is 1. The third-order valence-corrected chi connectivity index (χ3v) is 6.70. The first-order valence-electron chi connectivity index (χ1n) is 10.8. The molecule has 0 radical (unpaired) electrons. The lowest BCUT2D eigenvalue weighted by Crippen LogP contribution is -2.43. The molecule has 1 aromatic carbocycles. The Bertz CT molecular complexity index is 833. The van der Waals surface area contributed by atoms with E-state index < -0.39 is 0 Å². The van der Waals surface area contributed by atoms with Crippen molar-refractivity contribution in [1.82, 2.24) is 10.2 Å². The summed E-state index contributed by atoms with van der Waals surface area (Å²) in [4.78, 5) is 42.0. The van der Waals surface area contributed by atoms with Crippen LogP contribution in [-0.4, -0.2) is 54.6 Å². The Morgan fingerprint density at radius 3 is 2.70 bits per heavy atom. The van der Waals surface area contributed by atoms with Gasteiger partial charge in [-0.05, 0) is 64.2 Å². The molecule has 0 atom stereocenters. The van der Waals surface area contributed by atoms with Crippen molar-refractivity contribution in [1.29, 1.82) is 0 Å². The standard InChI is InChI=1S/C23H31N3O3S/c1-3-25(4-2)23(29)18-10-11-20-19(14-18)26(22(28)16-30-20)15-21(27)24-13-12-17-8-6-5-7-9-17/h8,10-11,14H,3-7,9,12-13,15-16H2,1-2H3,(H,24,27). The number of amides is 3. The fourth-order valence-electron chi connectivity index (χ4n) is 3.90. The van der Waals surface area contributed by atoms with Crippen molar-refractivity contribution < 1.29 is 14.4 Å². The summed E-state index contributed by atoms with van der Waals surface area (Å²) in [6.45, 7) is 5.72. The average Bonchev–Trinajstić information content (AvgIpc) is 2.77. The van der Waals surface area contributed by atoms with Gasteiger partial charge >= 0.3 is 0 Å². The molecule has 1 aromatic rings. The fourth-order valence-corrected chi connectivity index (χ4v) is 4.81. The highest BCUT2D eigenvalue weighted by molar-refractivity contribution is 8.00. The number of nitrogens with zero attached hydrogens (tertiary/aromatic N) is 2. The number of carbonyl (C=O) groups excluding carboxylic acids is 3. The Balaban J connectivity index is 1.67. The minimum atomic E-state index is -0.168. The number of thioether (sulfide) groups is 1. The zero-order valence-electron chi connectivity index (χ0n) is 17.9. The van der Waals surface area contributed by atoms with E-state index in [9.17, 15) is 14.4 Å². The van der Waals surface area contributed by atoms with Gasteiger partial charge in [0.1, 0.15) is 6.54 Å². The van der Waals surface area contributed by atoms with Crippen LogP contribution in [0.25, 0.3) is 0 Å². The molecule has 6 nitrogen and oxygen atoms in total. The molecule has 7 heteroatoms. The van der Waals surface area contributed by atoms with Crippen molar-refractivity contribution in [2.24, 2.45) is 0 Å². The lowest BCUT2D eigenvalue weighted by atomic mass is 9.97. The maximum Gasteiger partial charge on any atom is 0.253 e. The van der Waals surface area contributed by atoms with E-state index in [4.69, 9.17) is 0 Å². The molecule has 3 amide bonds. The number of benzene rings is 1. The molecule has 3 rings (SSSR count). The van der Waals surface area contributed by atoms with Gasteiger partial charge in [0.05, 0.1) is 11.4 Å². The van der Waals surface area contributed by atoms with Crippen molar-refractivity contribution in [3.05, 3.63) is 35.4 Å². The number of carbonyl (C=O) groups is 3. The number of fused-ring (bicyclic) bond motifs is 1. The van der Waals surface area contributed by atoms with Gasteiger partial charge in [-0.15, -0.1) is 11.8 Å². The Kier molecular flexibility index (Phi) is 7.96. The SMILES string of the molecule is CCN(CC)C(=O)c1ccc2c(c1)N(CC(=O)NCCC1=CCCCC1)C(=O)CS2. The van der Waals surface area contributed by atoms with Crippen LogP contribution in [0.3, 0.4) is 0 Å². The molecule has 162 valence electrons. The van der Waals surface area contributed by atoms with Crippen LogP contribution in [0.5, 0.6) is 0 Å². The fraction of sp³-hybridized carbons (Fsp3) is 0.522. The number of rotatable bonds is 8. The van der Waals surface area contributed by atoms with Crippen LogP contribution < -0.4 is 10.2 Å². The molecule has 0 spiro atoms. The van der Waals surface area contributed by atoms with Crippen molar-refractivity contribution in [2.45, 2.75) is 50.8 Å². The minimum absolute atomic E-state index is 0.0195. The summed E-state index contributed by atoms with van der Waals surface area (Å²) in [6.07, 6.45) is 7.89. The largest absolute Gasteiger partial charge is 0.354 e. The Hall–Kier alpha value is -2.28. The summed E-state index contributed by atoms with van der Waals surface area (Å²) in [7, 11) is 0. The minimum Gasteiger partial charge on any atom is -0.354 e. The first-order valence-corrected chi connectivity index (χ1v) is 11.8. The van der Waals surface area contributed by atoms with Gasteiger partial charge in [0.25, 0.3) is 5.91 Å². The second-order valence-corrected chi connectivity index (χ2v) is 8.65. The van der Waals surface area contributed by atoms with E-state index in [0.29, 0.717) is 36.6 Å². The van der Waals surface area contributed by atoms with Crippen LogP contribution >= 0.6 is 11.8 Å². The molecule has 1 aliphatic heterocycles. The van der Waals surface area contributed by atoms with Crippen LogP contribution in [0, 0.1) is 0 Å². The number of anilines is 1. The van der Waals surface area contributed by atoms with E-state index in [0.717, 1.165) is 24.2 Å². The highest BCUT2D eigenvalue weighted by atomic mass is 32.2. The maximum atomic E-state index is 12.7. The van der Waals surface area contributed by atoms with Gasteiger partial charge in [-0.1, -0.05) is 11.6 Å². The van der Waals surface area contributed by atoms with Crippen LogP contribution in [0.1, 0.15) is 56.3 Å². The van der Waals surface area contributed by atoms with Gasteiger partial charge in [0.15, 0.2) is 0 Å². The van der Waals surface area contributed by atoms with E-state index in [1.54, 1.807) is 17.0 Å². The highest BCUT2D eigenvalue weighted by Crippen LogP contribution is 2.36. The summed E-state index contributed by atoms with van der Waals surface area (Å²) in [5.41, 5.74) is 2.61. The Labute approximate surface area is 183 Å². The van der Waals surface area contributed by atoms with Gasteiger partial charge < -0.3 is 15.1 Å². The topological polar surface area (TPSA) is 69.7 Å². The van der Waals surface area contributed by atoms with Crippen LogP contribution in [0.15, 0.2) is 34.7 Å². The molecular weight excluding hydrogens is 398 g/mol. The summed E-state index contributed by atoms with van der Waals surface area (Å²) in [5.74, 6) is -0.0320. The van der Waals surface area contributed by atoms with Crippen LogP contribution in [-0.2, 0) is 9.59 Å². The summed E-state index contributed by atoms with van der Waals surface area (Å²) >= 11 is 1.45. The number of allylic oxidation sites excluding steroid dienone is 1. The van der Waals surface area contributed by atoms with Crippen LogP contribution in [0.2, 0.25) is 0 Å². The Morgan fingerprint density at radius 1 is 1.20 bits per heavy atom. The maximum absolute atomic E-state index is 12.7. The lowest BCUT2D eigenvalue weighted by Gasteiger charge is -2.29. The van der Waals surface area contributed by atoms with Crippen molar-refractivity contribution >= 4 is 35.2 Å². The summed E-state index contributed by atoms with van der Waals surface area (Å²) in [6, 6.07) is 5.43. The number of hydrogen-bond acceptors (Lipinski definition) is 4. The third-order valence-electron chi connectivity index (χ3n) is 5.65. The Morgan fingerprint density at radius 2 is 2.00 bits per heavy atom. The molecule has 0 saturated heterocycles. The third kappa shape index (κ3) is 5.45. The molecule has 0 bridgehead atoms. The number of nitrogens with one attached hydrogen (secondary N) is 1. The molecule has 2 aliphatic rings. The molecule has 1 N–H and O–H groups in total. The monoisotopic (exact) mass is 429 g/mol. The second kappa shape index (κ2) is 10.7. The highest BCUT2D eigenvalue weighted by Gasteiger charge is 2.28. The van der Waals surface area contributed by atoms with Gasteiger partial charge in [-0.3, -0.25) is 14.4 Å². The summed E-state index contributed by atoms with van der Waals surface area (Å²) < 4.78 is 0. The molecule has 0 fully saturated rings. The smallest absolute Gasteiger partial charge is 0.253 e. The predicted octanol–water partition coefficient (Wildman–Crippen LogP) is 3.61. The van der Waals surface area contributed by atoms with E-state index in [2.05, 4.69) is 11.4 Å². The molecule has 1 aliphatic carbocycles. The summed E-state index contributed by atoms with van der Waals surface area (Å²) in [5, 5.41) is 2.95. The van der Waals surface area contributed by atoms with E-state index in [-0.39, 0.29) is 24.3 Å². The van der Waals surface area contributed by atoms with Gasteiger partial charge in [-0.25, -0.2) is 0 Å². The first kappa shape index (κ1) is 22.4. The van der Waals surface area contributed by atoms with Crippen molar-refractivity contribution in [3.63, 3.8) is 0 Å². The lowest BCUT2D eigenvalue weighted by molar-refractivity contribution is -0.122. The predicted molar refractivity (Wildman–Crippen MR) is 121 cm³/mol. The average molecular weight is 430 g/mol. The quantitative estimate of drug-likeness (QED) is 0.641. The zero-order valence-corrected chi connectivity index (χ0v) is 18.7. The van der Waals surface area contributed by atoms with Gasteiger partial charge in [-0.2, -0.15) is 0 Å². The molecule has 0 saturated carbocycles. The van der Waals surface area contributed by atoms with E-state index >= 15 is 0 Å². The molecule has 0 unspecified atom stereocenters. The molecular formula is C23H31N3O3S. The van der Waals surface area contributed by atoms with Gasteiger partial charge in [0.2, 0.25) is 11.8 Å². The first-order chi connectivity index (χ1) is 14.5. The zero-order chi connectivity index (χ0) is 21.5. The molecule has 0 aromatic heterocycles. The van der Waals surface area contributed by atoms with Crippen molar-refractivity contribution in [2.75, 3.05) is 36.8 Å².